The van der Waals surface area contributed by atoms with Crippen molar-refractivity contribution in [1.29, 1.82) is 0 Å². The number of hydrogen-bond donors (Lipinski definition) is 1. The van der Waals surface area contributed by atoms with Crippen LogP contribution >= 0.6 is 0 Å². The number of rotatable bonds is 1. The van der Waals surface area contributed by atoms with Gasteiger partial charge in [0, 0.05) is 25.4 Å². The van der Waals surface area contributed by atoms with Gasteiger partial charge in [0.25, 0.3) is 0 Å². The molecule has 1 aromatic rings. The summed E-state index contributed by atoms with van der Waals surface area (Å²) in [5.41, 5.74) is 1.32. The van der Waals surface area contributed by atoms with Gasteiger partial charge in [0.2, 0.25) is 0 Å². The highest BCUT2D eigenvalue weighted by Gasteiger charge is 2.41. The highest BCUT2D eigenvalue weighted by Crippen LogP contribution is 2.36. The normalized spacial score (nSPS) is 28.4. The Morgan fingerprint density at radius 1 is 1.12 bits per heavy atom. The molecule has 3 heteroatoms. The van der Waals surface area contributed by atoms with E-state index in [1.165, 1.54) is 5.56 Å². The van der Waals surface area contributed by atoms with Gasteiger partial charge in [-0.05, 0) is 5.56 Å². The standard InChI is InChI=1S/C13H17NO2/c1-2-4-11(5-3-1)12-10-13(6-7-14-12)15-8-9-16-13/h1-5,12,14H,6-10H2/t12-/m1/s1. The predicted octanol–water partition coefficient (Wildman–Crippen LogP) is 1.85. The Morgan fingerprint density at radius 3 is 2.62 bits per heavy atom. The molecule has 0 aliphatic carbocycles. The van der Waals surface area contributed by atoms with Crippen molar-refractivity contribution in [3.63, 3.8) is 0 Å². The summed E-state index contributed by atoms with van der Waals surface area (Å²) >= 11 is 0. The molecule has 2 heterocycles. The number of ether oxygens (including phenoxy) is 2. The average molecular weight is 219 g/mol. The molecule has 2 aliphatic rings. The van der Waals surface area contributed by atoms with Crippen LogP contribution in [0, 0.1) is 0 Å². The first-order valence-electron chi connectivity index (χ1n) is 5.94. The topological polar surface area (TPSA) is 30.5 Å². The molecule has 0 bridgehead atoms. The average Bonchev–Trinajstić information content (AvgIpc) is 2.78. The fraction of sp³-hybridized carbons (Fsp3) is 0.538. The van der Waals surface area contributed by atoms with Crippen LogP contribution in [0.3, 0.4) is 0 Å². The lowest BCUT2D eigenvalue weighted by atomic mass is 9.93. The second-order valence-corrected chi connectivity index (χ2v) is 4.48. The van der Waals surface area contributed by atoms with Crippen molar-refractivity contribution < 1.29 is 9.47 Å². The minimum atomic E-state index is -0.314. The summed E-state index contributed by atoms with van der Waals surface area (Å²) in [7, 11) is 0. The van der Waals surface area contributed by atoms with Crippen LogP contribution in [0.25, 0.3) is 0 Å². The molecule has 0 unspecified atom stereocenters. The molecular formula is C13H17NO2. The second-order valence-electron chi connectivity index (χ2n) is 4.48. The lowest BCUT2D eigenvalue weighted by molar-refractivity contribution is -0.180. The first kappa shape index (κ1) is 10.3. The Labute approximate surface area is 95.8 Å². The molecule has 1 N–H and O–H groups in total. The molecule has 2 aliphatic heterocycles. The number of nitrogens with one attached hydrogen (secondary N) is 1. The van der Waals surface area contributed by atoms with E-state index in [0.717, 1.165) is 32.6 Å². The third-order valence-electron chi connectivity index (χ3n) is 3.43. The summed E-state index contributed by atoms with van der Waals surface area (Å²) in [4.78, 5) is 0. The van der Waals surface area contributed by atoms with Crippen molar-refractivity contribution in [2.75, 3.05) is 19.8 Å². The van der Waals surface area contributed by atoms with Gasteiger partial charge in [-0.2, -0.15) is 0 Å². The largest absolute Gasteiger partial charge is 0.347 e. The Balaban J connectivity index is 1.77. The van der Waals surface area contributed by atoms with E-state index in [4.69, 9.17) is 9.47 Å². The molecule has 16 heavy (non-hydrogen) atoms. The van der Waals surface area contributed by atoms with Gasteiger partial charge in [0.15, 0.2) is 5.79 Å². The SMILES string of the molecule is c1ccc([C@H]2CC3(CCN2)OCCO3)cc1. The van der Waals surface area contributed by atoms with Crippen molar-refractivity contribution >= 4 is 0 Å². The molecule has 86 valence electrons. The molecule has 1 aromatic carbocycles. The molecule has 3 rings (SSSR count). The lowest BCUT2D eigenvalue weighted by Gasteiger charge is -2.37. The fourth-order valence-electron chi connectivity index (χ4n) is 2.60. The van der Waals surface area contributed by atoms with Gasteiger partial charge in [-0.3, -0.25) is 0 Å². The van der Waals surface area contributed by atoms with Crippen molar-refractivity contribution in [1.82, 2.24) is 5.32 Å². The van der Waals surface area contributed by atoms with Crippen molar-refractivity contribution in [2.45, 2.75) is 24.7 Å². The Morgan fingerprint density at radius 2 is 1.88 bits per heavy atom. The summed E-state index contributed by atoms with van der Waals surface area (Å²) in [6, 6.07) is 10.9. The minimum Gasteiger partial charge on any atom is -0.347 e. The van der Waals surface area contributed by atoms with E-state index in [1.54, 1.807) is 0 Å². The zero-order chi connectivity index (χ0) is 10.8. The van der Waals surface area contributed by atoms with Gasteiger partial charge in [-0.25, -0.2) is 0 Å². The van der Waals surface area contributed by atoms with E-state index in [9.17, 15) is 0 Å². The van der Waals surface area contributed by atoms with Crippen LogP contribution in [0.2, 0.25) is 0 Å². The molecule has 1 atom stereocenters. The number of piperidine rings is 1. The zero-order valence-corrected chi connectivity index (χ0v) is 9.32. The van der Waals surface area contributed by atoms with Crippen LogP contribution in [0.15, 0.2) is 30.3 Å². The van der Waals surface area contributed by atoms with Gasteiger partial charge < -0.3 is 14.8 Å². The van der Waals surface area contributed by atoms with Crippen molar-refractivity contribution in [3.05, 3.63) is 35.9 Å². The Hall–Kier alpha value is -0.900. The zero-order valence-electron chi connectivity index (χ0n) is 9.32. The minimum absolute atomic E-state index is 0.314. The molecule has 0 radical (unpaired) electrons. The van der Waals surface area contributed by atoms with E-state index in [2.05, 4.69) is 29.6 Å². The third-order valence-corrected chi connectivity index (χ3v) is 3.43. The number of benzene rings is 1. The summed E-state index contributed by atoms with van der Waals surface area (Å²) in [5, 5.41) is 3.53. The van der Waals surface area contributed by atoms with Gasteiger partial charge in [0.05, 0.1) is 13.2 Å². The Bertz CT molecular complexity index is 346. The lowest BCUT2D eigenvalue weighted by Crippen LogP contribution is -2.44. The van der Waals surface area contributed by atoms with Gasteiger partial charge in [-0.1, -0.05) is 30.3 Å². The smallest absolute Gasteiger partial charge is 0.171 e. The molecule has 1 spiro atoms. The maximum Gasteiger partial charge on any atom is 0.171 e. The Kier molecular flexibility index (Phi) is 2.67. The maximum atomic E-state index is 5.77. The van der Waals surface area contributed by atoms with Crippen LogP contribution in [-0.4, -0.2) is 25.5 Å². The third kappa shape index (κ3) is 1.86. The maximum absolute atomic E-state index is 5.77. The van der Waals surface area contributed by atoms with E-state index in [0.29, 0.717) is 6.04 Å². The molecule has 3 nitrogen and oxygen atoms in total. The van der Waals surface area contributed by atoms with E-state index in [-0.39, 0.29) is 5.79 Å². The number of hydrogen-bond acceptors (Lipinski definition) is 3. The summed E-state index contributed by atoms with van der Waals surface area (Å²) in [5.74, 6) is -0.314. The van der Waals surface area contributed by atoms with Gasteiger partial charge in [0.1, 0.15) is 0 Å². The highest BCUT2D eigenvalue weighted by atomic mass is 16.7. The molecule has 0 aromatic heterocycles. The van der Waals surface area contributed by atoms with E-state index < -0.39 is 0 Å². The van der Waals surface area contributed by atoms with Crippen molar-refractivity contribution in [2.24, 2.45) is 0 Å². The molecule has 0 saturated carbocycles. The second kappa shape index (κ2) is 4.17. The van der Waals surface area contributed by atoms with Gasteiger partial charge in [-0.15, -0.1) is 0 Å². The van der Waals surface area contributed by atoms with Crippen LogP contribution < -0.4 is 5.32 Å². The first-order valence-corrected chi connectivity index (χ1v) is 5.94. The summed E-state index contributed by atoms with van der Waals surface area (Å²) in [6.45, 7) is 2.43. The van der Waals surface area contributed by atoms with Crippen LogP contribution in [-0.2, 0) is 9.47 Å². The van der Waals surface area contributed by atoms with E-state index >= 15 is 0 Å². The van der Waals surface area contributed by atoms with Gasteiger partial charge >= 0.3 is 0 Å². The molecular weight excluding hydrogens is 202 g/mol. The van der Waals surface area contributed by atoms with Crippen molar-refractivity contribution in [3.8, 4) is 0 Å². The highest BCUT2D eigenvalue weighted by molar-refractivity contribution is 5.20. The first-order chi connectivity index (χ1) is 7.88. The summed E-state index contributed by atoms with van der Waals surface area (Å²) < 4.78 is 11.5. The van der Waals surface area contributed by atoms with Crippen LogP contribution in [0.1, 0.15) is 24.4 Å². The van der Waals surface area contributed by atoms with E-state index in [1.807, 2.05) is 6.07 Å². The monoisotopic (exact) mass is 219 g/mol. The predicted molar refractivity (Wildman–Crippen MR) is 61.1 cm³/mol. The summed E-state index contributed by atoms with van der Waals surface area (Å²) in [6.07, 6.45) is 1.87. The molecule has 2 saturated heterocycles. The quantitative estimate of drug-likeness (QED) is 0.782. The van der Waals surface area contributed by atoms with Crippen LogP contribution in [0.4, 0.5) is 0 Å². The molecule has 0 amide bonds. The molecule has 2 fully saturated rings. The fourth-order valence-corrected chi connectivity index (χ4v) is 2.60. The van der Waals surface area contributed by atoms with Crippen LogP contribution in [0.5, 0.6) is 0 Å².